The number of nitrogens with zero attached hydrogens (tertiary/aromatic N) is 1. The van der Waals surface area contributed by atoms with Crippen LogP contribution in [0, 0.1) is 33.5 Å². The van der Waals surface area contributed by atoms with Crippen LogP contribution < -0.4 is 16.0 Å². The van der Waals surface area contributed by atoms with E-state index in [0.29, 0.717) is 106 Å². The highest BCUT2D eigenvalue weighted by atomic mass is 79.9. The Bertz CT molecular complexity index is 2840. The predicted octanol–water partition coefficient (Wildman–Crippen LogP) is 7.19. The van der Waals surface area contributed by atoms with Crippen molar-refractivity contribution in [2.75, 3.05) is 218 Å². The Morgan fingerprint density at radius 2 is 0.622 bits per heavy atom. The van der Waals surface area contributed by atoms with Crippen LogP contribution in [0.2, 0.25) is 0 Å². The molecule has 3 heterocycles. The van der Waals surface area contributed by atoms with Gasteiger partial charge in [0.05, 0.1) is 175 Å². The molecule has 3 aliphatic rings. The number of carbonyl (C=O) groups is 11. The largest absolute Gasteiger partial charge is 0.463 e. The summed E-state index contributed by atoms with van der Waals surface area (Å²) in [7, 11) is 1.64. The average molecular weight is 2100 g/mol. The maximum absolute atomic E-state index is 14.7. The van der Waals surface area contributed by atoms with Crippen LogP contribution in [-0.2, 0) is 143 Å². The molecule has 2 bridgehead atoms. The van der Waals surface area contributed by atoms with Crippen molar-refractivity contribution < 1.29 is 143 Å². The molecule has 2 fully saturated rings. The molecule has 0 aliphatic carbocycles. The molecule has 34 nitrogen and oxygen atoms in total. The van der Waals surface area contributed by atoms with Crippen molar-refractivity contribution in [1.82, 2.24) is 20.9 Å². The molecule has 0 radical (unpaired) electrons. The predicted molar refractivity (Wildman–Crippen MR) is 457 cm³/mol. The zero-order chi connectivity index (χ0) is 90.1. The van der Waals surface area contributed by atoms with Crippen molar-refractivity contribution in [2.24, 2.45) is 33.5 Å². The summed E-state index contributed by atoms with van der Waals surface area (Å²) in [5, 5.41) is 8.55. The van der Waals surface area contributed by atoms with E-state index in [-0.39, 0.29) is 88.1 Å². The zero-order valence-corrected chi connectivity index (χ0v) is 81.9. The third-order valence-corrected chi connectivity index (χ3v) is 19.7. The SMILES string of the molecule is CCCOCCOCCOCCOCC(CNC(=O)C(C)(COC(=O)C(C)(C)Br)COC(=O)C(C)(C)Br)(CNC(=O)C(C)(COC(=O)C(C)(C)Br)COC(=O)C(C)(C)Br)CNC(=O)C(C)(COC(=O)C(C)(C)Br)COC(=O)C(C)(C)Br.COCCOC(C)COCCOCCOCCOCCOCCOCCN1C(=O)C2C3C=CC(O3)C2C1=O. The third-order valence-electron chi connectivity index (χ3n) is 17.8. The molecular formula is C79H130Br6N4O30. The number of hydrogen-bond donors (Lipinski definition) is 3. The van der Waals surface area contributed by atoms with Crippen molar-refractivity contribution in [1.29, 1.82) is 0 Å². The highest BCUT2D eigenvalue weighted by Crippen LogP contribution is 2.45. The second-order valence-corrected chi connectivity index (χ2v) is 44.4. The summed E-state index contributed by atoms with van der Waals surface area (Å²) in [6.45, 7) is 30.0. The van der Waals surface area contributed by atoms with E-state index in [2.05, 4.69) is 112 Å². The Morgan fingerprint density at radius 1 is 0.370 bits per heavy atom. The van der Waals surface area contributed by atoms with Crippen LogP contribution in [0.5, 0.6) is 0 Å². The number of halogens is 6. The molecule has 5 atom stereocenters. The summed E-state index contributed by atoms with van der Waals surface area (Å²) in [5.41, 5.74) is -6.95. The Labute approximate surface area is 751 Å². The van der Waals surface area contributed by atoms with Gasteiger partial charge in [0.15, 0.2) is 0 Å². The van der Waals surface area contributed by atoms with Crippen molar-refractivity contribution in [3.05, 3.63) is 12.2 Å². The summed E-state index contributed by atoms with van der Waals surface area (Å²) in [4.78, 5) is 149. The van der Waals surface area contributed by atoms with Gasteiger partial charge in [-0.05, 0) is 117 Å². The lowest BCUT2D eigenvalue weighted by molar-refractivity contribution is -0.161. The monoisotopic (exact) mass is 2090 g/mol. The number of hydrogen-bond acceptors (Lipinski definition) is 30. The van der Waals surface area contributed by atoms with Crippen molar-refractivity contribution in [3.63, 3.8) is 0 Å². The first kappa shape index (κ1) is 112. The highest BCUT2D eigenvalue weighted by molar-refractivity contribution is 9.11. The Hall–Kier alpha value is -3.53. The van der Waals surface area contributed by atoms with Crippen LogP contribution in [0.15, 0.2) is 12.2 Å². The van der Waals surface area contributed by atoms with Gasteiger partial charge < -0.3 is 106 Å². The minimum absolute atomic E-state index is 0.0302. The number of rotatable bonds is 64. The number of imide groups is 1. The molecule has 0 spiro atoms. The van der Waals surface area contributed by atoms with Gasteiger partial charge in [-0.1, -0.05) is 115 Å². The Morgan fingerprint density at radius 3 is 0.882 bits per heavy atom. The first-order valence-corrected chi connectivity index (χ1v) is 44.2. The summed E-state index contributed by atoms with van der Waals surface area (Å²) in [5.74, 6) is -7.92. The topological polar surface area (TPSA) is 402 Å². The van der Waals surface area contributed by atoms with E-state index in [0.717, 1.165) is 6.42 Å². The summed E-state index contributed by atoms with van der Waals surface area (Å²) in [6, 6.07) is 0. The number of nitrogens with one attached hydrogen (secondary N) is 3. The quantitative estimate of drug-likeness (QED) is 0.0135. The van der Waals surface area contributed by atoms with Gasteiger partial charge in [-0.25, -0.2) is 0 Å². The molecule has 3 rings (SSSR count). The van der Waals surface area contributed by atoms with Crippen LogP contribution in [0.4, 0.5) is 0 Å². The van der Waals surface area contributed by atoms with E-state index in [1.165, 1.54) is 109 Å². The summed E-state index contributed by atoms with van der Waals surface area (Å²) < 4.78 is 98.4. The van der Waals surface area contributed by atoms with E-state index < -0.39 is 160 Å². The third kappa shape index (κ3) is 43.0. The maximum atomic E-state index is 14.7. The Balaban J connectivity index is 0.00000104. The minimum Gasteiger partial charge on any atom is -0.463 e. The second kappa shape index (κ2) is 54.5. The van der Waals surface area contributed by atoms with Gasteiger partial charge in [0.1, 0.15) is 81.8 Å². The van der Waals surface area contributed by atoms with Crippen molar-refractivity contribution in [2.45, 2.75) is 168 Å². The first-order valence-electron chi connectivity index (χ1n) is 39.4. The van der Waals surface area contributed by atoms with Crippen LogP contribution in [-0.4, -0.2) is 333 Å². The van der Waals surface area contributed by atoms with E-state index >= 15 is 0 Å². The molecule has 0 aromatic heterocycles. The molecule has 688 valence electrons. The molecular weight excluding hydrogens is 1960 g/mol. The van der Waals surface area contributed by atoms with Crippen LogP contribution in [0.3, 0.4) is 0 Å². The van der Waals surface area contributed by atoms with E-state index in [1.54, 1.807) is 7.11 Å². The van der Waals surface area contributed by atoms with Gasteiger partial charge in [-0.2, -0.15) is 0 Å². The molecule has 119 heavy (non-hydrogen) atoms. The first-order chi connectivity index (χ1) is 55.3. The molecule has 2 saturated heterocycles. The van der Waals surface area contributed by atoms with Gasteiger partial charge in [-0.3, -0.25) is 57.6 Å². The molecule has 5 unspecified atom stereocenters. The maximum Gasteiger partial charge on any atom is 0.322 e. The number of carbonyl (C=O) groups excluding carboxylic acids is 11. The van der Waals surface area contributed by atoms with Crippen molar-refractivity contribution in [3.8, 4) is 0 Å². The molecule has 40 heteroatoms. The number of alkyl halides is 6. The van der Waals surface area contributed by atoms with Crippen molar-refractivity contribution >= 4 is 161 Å². The molecule has 3 N–H and O–H groups in total. The standard InChI is InChI=1S/C53H87Br6N3O19.C26H43NO11/c1-17-18-72-19-20-73-21-22-74-23-24-75-34-53(25-60-35(63)50(14,28-76-38(66)44(2,3)54)29-77-39(67)45(4,5)55,26-61-36(64)51(15,30-78-40(68)46(6,7)56)31-79-41(69)47(8,9)57)27-62-37(65)52(16,32-80-42(70)48(10,11)58)33-81-43(71)49(12,13)59;1-20(37-18-7-30-2)19-36-17-16-35-15-14-34-13-12-33-11-10-32-9-8-31-6-5-27-25(28)23-21-3-4-22(38-21)24(23)26(27)29/h17-34H2,1-16H3,(H,60,63)(H,61,64)(H,62,65);3-4,20-24H,5-19H2,1-2H3. The zero-order valence-electron chi connectivity index (χ0n) is 72.3. The highest BCUT2D eigenvalue weighted by Gasteiger charge is 2.60. The van der Waals surface area contributed by atoms with Gasteiger partial charge >= 0.3 is 35.8 Å². The van der Waals surface area contributed by atoms with E-state index in [9.17, 15) is 52.7 Å². The van der Waals surface area contributed by atoms with Gasteiger partial charge in [0, 0.05) is 38.8 Å². The van der Waals surface area contributed by atoms with E-state index in [1.807, 2.05) is 26.0 Å². The average Bonchev–Trinajstić information content (AvgIpc) is 1.57. The molecule has 0 aromatic rings. The van der Waals surface area contributed by atoms with Gasteiger partial charge in [-0.15, -0.1) is 0 Å². The number of likely N-dealkylation sites (tertiary alicyclic amines) is 1. The van der Waals surface area contributed by atoms with Gasteiger partial charge in [0.25, 0.3) is 0 Å². The fourth-order valence-electron chi connectivity index (χ4n) is 10.2. The lowest BCUT2D eigenvalue weighted by Gasteiger charge is -2.38. The summed E-state index contributed by atoms with van der Waals surface area (Å²) in [6.07, 6.45) is 4.15. The molecule has 3 aliphatic heterocycles. The lowest BCUT2D eigenvalue weighted by Crippen LogP contribution is -2.59. The fraction of sp³-hybridized carbons (Fsp3) is 0.835. The molecule has 0 aromatic carbocycles. The number of esters is 6. The fourth-order valence-corrected chi connectivity index (χ4v) is 10.9. The molecule has 0 saturated carbocycles. The Kier molecular flexibility index (Phi) is 51.1. The number of ether oxygens (including phenoxy) is 19. The van der Waals surface area contributed by atoms with Crippen LogP contribution in [0.25, 0.3) is 0 Å². The van der Waals surface area contributed by atoms with E-state index in [4.69, 9.17) is 90.0 Å². The normalized spacial score (nSPS) is 16.8. The molecule has 5 amide bonds. The minimum atomic E-state index is -1.78. The second-order valence-electron chi connectivity index (χ2n) is 32.6. The smallest absolute Gasteiger partial charge is 0.322 e. The number of fused-ring (bicyclic) bond motifs is 5. The lowest BCUT2D eigenvalue weighted by atomic mass is 9.84. The number of amides is 5. The van der Waals surface area contributed by atoms with Crippen LogP contribution >= 0.6 is 95.6 Å². The number of methoxy groups -OCH3 is 1. The summed E-state index contributed by atoms with van der Waals surface area (Å²) >= 11 is 19.6. The van der Waals surface area contributed by atoms with Gasteiger partial charge in [0.2, 0.25) is 29.5 Å². The van der Waals surface area contributed by atoms with Crippen LogP contribution in [0.1, 0.15) is 124 Å².